The average molecular weight is 861 g/mol. The summed E-state index contributed by atoms with van der Waals surface area (Å²) < 4.78 is 78.1. The van der Waals surface area contributed by atoms with Crippen LogP contribution >= 0.6 is 23.5 Å². The number of hydrogen-bond donors (Lipinski definition) is 4. The summed E-state index contributed by atoms with van der Waals surface area (Å²) in [7, 11) is 0. The molecule has 0 aliphatic heterocycles. The van der Waals surface area contributed by atoms with Crippen molar-refractivity contribution in [2.75, 3.05) is 11.9 Å². The van der Waals surface area contributed by atoms with Gasteiger partial charge in [-0.1, -0.05) is 35.9 Å². The van der Waals surface area contributed by atoms with E-state index in [1.807, 2.05) is 6.07 Å². The second-order valence-corrected chi connectivity index (χ2v) is 16.4. The van der Waals surface area contributed by atoms with Gasteiger partial charge in [0.05, 0.1) is 51.1 Å². The molecule has 2 atom stereocenters. The topological polar surface area (TPSA) is 130 Å². The van der Waals surface area contributed by atoms with Crippen LogP contribution in [0.15, 0.2) is 89.9 Å². The van der Waals surface area contributed by atoms with Crippen LogP contribution in [-0.4, -0.2) is 49.3 Å². The molecule has 8 rings (SSSR count). The van der Waals surface area contributed by atoms with Crippen LogP contribution in [0.3, 0.4) is 0 Å². The number of nitrogens with one attached hydrogen (secondary N) is 4. The predicted octanol–water partition coefficient (Wildman–Crippen LogP) is 9.26. The molecule has 1 amide bonds. The number of nitrogens with zero attached hydrogens (tertiary/aromatic N) is 4. The maximum absolute atomic E-state index is 15.1. The van der Waals surface area contributed by atoms with Gasteiger partial charge < -0.3 is 15.4 Å². The first-order valence-corrected chi connectivity index (χ1v) is 20.6. The molecule has 2 fully saturated rings. The van der Waals surface area contributed by atoms with E-state index in [1.54, 1.807) is 31.3 Å². The maximum Gasteiger partial charge on any atom is 0.266 e. The van der Waals surface area contributed by atoms with E-state index in [4.69, 9.17) is 22.0 Å². The number of amides is 1. The van der Waals surface area contributed by atoms with Gasteiger partial charge in [-0.05, 0) is 104 Å². The Morgan fingerprint density at radius 1 is 0.983 bits per heavy atom. The van der Waals surface area contributed by atoms with Gasteiger partial charge in [-0.3, -0.25) is 24.2 Å². The van der Waals surface area contributed by atoms with E-state index in [9.17, 15) is 22.4 Å². The van der Waals surface area contributed by atoms with Gasteiger partial charge in [0.25, 0.3) is 12.0 Å². The minimum atomic E-state index is -2.87. The Bertz CT molecular complexity index is 2660. The normalized spacial score (nSPS) is 14.9. The van der Waals surface area contributed by atoms with Crippen molar-refractivity contribution in [3.63, 3.8) is 0 Å². The van der Waals surface area contributed by atoms with Crippen LogP contribution in [0.2, 0.25) is 5.02 Å². The molecule has 0 spiro atoms. The number of fused-ring (bicyclic) bond motifs is 1. The smallest absolute Gasteiger partial charge is 0.266 e. The van der Waals surface area contributed by atoms with Crippen LogP contribution < -0.4 is 20.9 Å². The lowest BCUT2D eigenvalue weighted by atomic mass is 10.0. The molecule has 2 aliphatic rings. The van der Waals surface area contributed by atoms with Gasteiger partial charge in [0.1, 0.15) is 35.2 Å². The minimum Gasteiger partial charge on any atom is -0.377 e. The third kappa shape index (κ3) is 8.89. The molecule has 310 valence electrons. The minimum absolute atomic E-state index is 0.0117. The number of aromatic nitrogens is 4. The predicted molar refractivity (Wildman–Crippen MR) is 223 cm³/mol. The van der Waals surface area contributed by atoms with E-state index >= 15 is 9.18 Å². The van der Waals surface area contributed by atoms with Crippen molar-refractivity contribution in [3.8, 4) is 16.8 Å². The van der Waals surface area contributed by atoms with Crippen molar-refractivity contribution in [2.45, 2.75) is 68.7 Å². The average Bonchev–Trinajstić information content (AvgIpc) is 4.17. The van der Waals surface area contributed by atoms with E-state index in [0.29, 0.717) is 17.5 Å². The molecule has 4 aromatic carbocycles. The second-order valence-electron chi connectivity index (χ2n) is 14.9. The van der Waals surface area contributed by atoms with Gasteiger partial charge in [0, 0.05) is 35.4 Å². The van der Waals surface area contributed by atoms with Gasteiger partial charge in [-0.2, -0.15) is 5.10 Å². The highest BCUT2D eigenvalue weighted by molar-refractivity contribution is 7.98. The largest absolute Gasteiger partial charge is 0.377 e. The van der Waals surface area contributed by atoms with Crippen molar-refractivity contribution in [2.24, 2.45) is 0 Å². The fourth-order valence-corrected chi connectivity index (χ4v) is 8.03. The van der Waals surface area contributed by atoms with Gasteiger partial charge in [0.15, 0.2) is 0 Å². The first-order chi connectivity index (χ1) is 28.8. The molecule has 0 radical (unpaired) electrons. The molecule has 17 heteroatoms. The zero-order chi connectivity index (χ0) is 42.2. The highest BCUT2D eigenvalue weighted by Gasteiger charge is 2.31. The number of halogens is 6. The number of carbonyl (C=O) groups excluding carboxylic acids is 1. The molecule has 2 aromatic heterocycles. The van der Waals surface area contributed by atoms with Crippen LogP contribution in [0.5, 0.6) is 0 Å². The third-order valence-corrected chi connectivity index (χ3v) is 11.8. The van der Waals surface area contributed by atoms with Gasteiger partial charge in [-0.25, -0.2) is 26.9 Å². The van der Waals surface area contributed by atoms with Crippen molar-refractivity contribution in [3.05, 3.63) is 141 Å². The van der Waals surface area contributed by atoms with Gasteiger partial charge in [-0.15, -0.1) is 0 Å². The monoisotopic (exact) mass is 860 g/mol. The fraction of sp³-hybridized carbons (Fsp3) is 0.279. The van der Waals surface area contributed by atoms with Crippen LogP contribution in [-0.2, 0) is 11.2 Å². The Morgan fingerprint density at radius 2 is 1.73 bits per heavy atom. The Hall–Kier alpha value is -5.74. The van der Waals surface area contributed by atoms with Gasteiger partial charge >= 0.3 is 0 Å². The van der Waals surface area contributed by atoms with E-state index in [2.05, 4.69) is 20.5 Å². The highest BCUT2D eigenvalue weighted by atomic mass is 35.5. The van der Waals surface area contributed by atoms with Crippen molar-refractivity contribution in [1.29, 1.82) is 5.41 Å². The van der Waals surface area contributed by atoms with Crippen LogP contribution in [0.25, 0.3) is 27.7 Å². The standard InChI is InChI=1S/C43H38ClF5N8O2S/c1-22(56-15-14-33(54-56)24-6-7-24)42(58)53-35(18-23-16-26(45)20-27(46)17-23)41-52-34-19-25(29-4-2-3-5-32(29)47)8-11-30(34)43(59)57(41)36-13-12-31(44)38(39(36)51-21-37(48)49)40(50)55-60-28-9-10-28/h2-5,8,11-17,19-20,22,24,28,35,37,51H,6-7,9-10,18,21H2,1H3,(H2,50,55)(H,53,58). The molecule has 2 unspecified atom stereocenters. The molecule has 2 heterocycles. The number of alkyl halides is 2. The summed E-state index contributed by atoms with van der Waals surface area (Å²) in [6.45, 7) is 0.725. The fourth-order valence-electron chi connectivity index (χ4n) is 7.02. The SMILES string of the molecule is CC(C(=O)NC(Cc1cc(F)cc(F)c1)c1nc2cc(-c3ccccc3F)ccc2c(=O)n1-c1ccc(Cl)c(C(=N)NSC2CC2)c1NCC(F)F)n1ccc(C2CC2)n1. The Kier molecular flexibility index (Phi) is 11.7. The summed E-state index contributed by atoms with van der Waals surface area (Å²) >= 11 is 7.98. The number of benzene rings is 4. The number of carbonyl (C=O) groups is 1. The van der Waals surface area contributed by atoms with Gasteiger partial charge in [0.2, 0.25) is 5.91 Å². The molecule has 60 heavy (non-hydrogen) atoms. The van der Waals surface area contributed by atoms with E-state index in [-0.39, 0.29) is 67.3 Å². The molecule has 10 nitrogen and oxygen atoms in total. The summed E-state index contributed by atoms with van der Waals surface area (Å²) in [6.07, 6.45) is 2.35. The summed E-state index contributed by atoms with van der Waals surface area (Å²) in [5.41, 5.74) is 0.722. The zero-order valence-corrected chi connectivity index (χ0v) is 33.6. The molecular weight excluding hydrogens is 823 g/mol. The number of anilines is 1. The summed E-state index contributed by atoms with van der Waals surface area (Å²) in [5, 5.41) is 19.5. The Balaban J connectivity index is 1.35. The third-order valence-electron chi connectivity index (χ3n) is 10.4. The van der Waals surface area contributed by atoms with Crippen LogP contribution in [0, 0.1) is 22.9 Å². The quantitative estimate of drug-likeness (QED) is 0.0351. The number of hydrogen-bond acceptors (Lipinski definition) is 7. The second kappa shape index (κ2) is 17.1. The maximum atomic E-state index is 15.1. The lowest BCUT2D eigenvalue weighted by Crippen LogP contribution is -2.39. The lowest BCUT2D eigenvalue weighted by molar-refractivity contribution is -0.125. The number of rotatable bonds is 15. The molecule has 2 aliphatic carbocycles. The Labute approximate surface area is 350 Å². The van der Waals surface area contributed by atoms with Crippen molar-refractivity contribution in [1.82, 2.24) is 29.4 Å². The molecule has 6 aromatic rings. The lowest BCUT2D eigenvalue weighted by Gasteiger charge is -2.26. The first kappa shape index (κ1) is 41.0. The molecule has 0 saturated heterocycles. The van der Waals surface area contributed by atoms with E-state index in [0.717, 1.165) is 48.1 Å². The van der Waals surface area contributed by atoms with Crippen LogP contribution in [0.4, 0.5) is 27.6 Å². The molecule has 0 bridgehead atoms. The van der Waals surface area contributed by atoms with Crippen molar-refractivity contribution >= 4 is 51.9 Å². The summed E-state index contributed by atoms with van der Waals surface area (Å²) in [5.74, 6) is -2.96. The van der Waals surface area contributed by atoms with E-state index in [1.165, 1.54) is 53.0 Å². The summed E-state index contributed by atoms with van der Waals surface area (Å²) in [6, 6.07) is 15.8. The zero-order valence-electron chi connectivity index (χ0n) is 32.0. The van der Waals surface area contributed by atoms with Crippen LogP contribution in [0.1, 0.15) is 73.3 Å². The molecule has 4 N–H and O–H groups in total. The highest BCUT2D eigenvalue weighted by Crippen LogP contribution is 2.39. The summed E-state index contributed by atoms with van der Waals surface area (Å²) in [4.78, 5) is 34.2. The Morgan fingerprint density at radius 3 is 2.43 bits per heavy atom. The molecular formula is C43H38ClF5N8O2S. The van der Waals surface area contributed by atoms with E-state index < -0.39 is 54.0 Å². The first-order valence-electron chi connectivity index (χ1n) is 19.3. The number of amidine groups is 1. The van der Waals surface area contributed by atoms with Crippen molar-refractivity contribution < 1.29 is 26.7 Å². The molecule has 2 saturated carbocycles.